The van der Waals surface area contributed by atoms with Gasteiger partial charge in [0.25, 0.3) is 0 Å². The first-order valence-corrected chi connectivity index (χ1v) is 6.67. The van der Waals surface area contributed by atoms with Crippen LogP contribution in [0.4, 0.5) is 5.82 Å². The van der Waals surface area contributed by atoms with Crippen LogP contribution in [0, 0.1) is 6.92 Å². The fourth-order valence-electron chi connectivity index (χ4n) is 2.10. The molecule has 0 saturated heterocycles. The Morgan fingerprint density at radius 2 is 1.95 bits per heavy atom. The summed E-state index contributed by atoms with van der Waals surface area (Å²) < 4.78 is 10.4. The van der Waals surface area contributed by atoms with Crippen molar-refractivity contribution in [1.82, 2.24) is 4.98 Å². The third kappa shape index (κ3) is 2.89. The molecular formula is C15H17ClN2O3. The molecule has 1 aromatic heterocycles. The number of hydrogen-bond acceptors (Lipinski definition) is 5. The van der Waals surface area contributed by atoms with E-state index in [1.54, 1.807) is 24.4 Å². The number of aliphatic hydroxyl groups is 1. The maximum Gasteiger partial charge on any atom is 0.179 e. The molecule has 0 amide bonds. The lowest BCUT2D eigenvalue weighted by atomic mass is 10.0. The highest BCUT2D eigenvalue weighted by atomic mass is 35.5. The maximum absolute atomic E-state index is 10.6. The topological polar surface area (TPSA) is 77.6 Å². The van der Waals surface area contributed by atoms with Gasteiger partial charge in [-0.15, -0.1) is 0 Å². The quantitative estimate of drug-likeness (QED) is 0.908. The van der Waals surface area contributed by atoms with Crippen molar-refractivity contribution in [2.75, 3.05) is 20.0 Å². The standard InChI is InChI=1S/C15H17ClN2O3/c1-8-6-10(15(17)18-7-8)13(19)9-4-5-11(20-2)14(21-3)12(9)16/h4-7,13,19H,1-3H3,(H2,17,18). The molecule has 3 N–H and O–H groups in total. The molecule has 1 unspecified atom stereocenters. The summed E-state index contributed by atoms with van der Waals surface area (Å²) in [5, 5.41) is 10.8. The van der Waals surface area contributed by atoms with E-state index in [1.807, 2.05) is 6.92 Å². The molecule has 0 fully saturated rings. The number of halogens is 1. The van der Waals surface area contributed by atoms with Gasteiger partial charge in [0, 0.05) is 17.3 Å². The van der Waals surface area contributed by atoms with Crippen molar-refractivity contribution in [3.05, 3.63) is 46.1 Å². The molecule has 2 rings (SSSR count). The number of pyridine rings is 1. The smallest absolute Gasteiger partial charge is 0.179 e. The molecule has 0 aliphatic carbocycles. The number of nitrogens with zero attached hydrogens (tertiary/aromatic N) is 1. The van der Waals surface area contributed by atoms with Gasteiger partial charge in [-0.25, -0.2) is 4.98 Å². The highest BCUT2D eigenvalue weighted by Gasteiger charge is 2.22. The Morgan fingerprint density at radius 3 is 2.57 bits per heavy atom. The molecule has 1 heterocycles. The molecule has 0 bridgehead atoms. The molecule has 0 radical (unpaired) electrons. The van der Waals surface area contributed by atoms with Crippen LogP contribution in [0.25, 0.3) is 0 Å². The van der Waals surface area contributed by atoms with Crippen molar-refractivity contribution < 1.29 is 14.6 Å². The summed E-state index contributed by atoms with van der Waals surface area (Å²) in [4.78, 5) is 4.05. The summed E-state index contributed by atoms with van der Waals surface area (Å²) >= 11 is 6.30. The zero-order chi connectivity index (χ0) is 15.6. The van der Waals surface area contributed by atoms with Gasteiger partial charge in [0.15, 0.2) is 11.5 Å². The van der Waals surface area contributed by atoms with Gasteiger partial charge in [-0.2, -0.15) is 0 Å². The molecule has 21 heavy (non-hydrogen) atoms. The second-order valence-electron chi connectivity index (χ2n) is 4.59. The summed E-state index contributed by atoms with van der Waals surface area (Å²) in [6.45, 7) is 1.87. The van der Waals surface area contributed by atoms with Crippen molar-refractivity contribution in [1.29, 1.82) is 0 Å². The van der Waals surface area contributed by atoms with Gasteiger partial charge in [0.2, 0.25) is 0 Å². The lowest BCUT2D eigenvalue weighted by Crippen LogP contribution is -2.07. The summed E-state index contributed by atoms with van der Waals surface area (Å²) in [7, 11) is 3.01. The Bertz CT molecular complexity index is 662. The van der Waals surface area contributed by atoms with E-state index in [1.165, 1.54) is 14.2 Å². The number of aryl methyl sites for hydroxylation is 1. The molecule has 0 saturated carbocycles. The minimum atomic E-state index is -0.996. The van der Waals surface area contributed by atoms with Gasteiger partial charge in [-0.05, 0) is 24.6 Å². The molecular weight excluding hydrogens is 292 g/mol. The van der Waals surface area contributed by atoms with Gasteiger partial charge >= 0.3 is 0 Å². The molecule has 0 aliphatic heterocycles. The number of anilines is 1. The number of ether oxygens (including phenoxy) is 2. The molecule has 5 nitrogen and oxygen atoms in total. The predicted molar refractivity (Wildman–Crippen MR) is 82.0 cm³/mol. The zero-order valence-electron chi connectivity index (χ0n) is 12.1. The van der Waals surface area contributed by atoms with Crippen molar-refractivity contribution in [2.45, 2.75) is 13.0 Å². The summed E-state index contributed by atoms with van der Waals surface area (Å²) in [5.74, 6) is 1.13. The fourth-order valence-corrected chi connectivity index (χ4v) is 2.44. The van der Waals surface area contributed by atoms with Crippen LogP contribution in [-0.2, 0) is 0 Å². The van der Waals surface area contributed by atoms with Gasteiger partial charge < -0.3 is 20.3 Å². The third-order valence-electron chi connectivity index (χ3n) is 3.19. The van der Waals surface area contributed by atoms with Crippen LogP contribution in [0.5, 0.6) is 11.5 Å². The Labute approximate surface area is 128 Å². The van der Waals surface area contributed by atoms with E-state index < -0.39 is 6.10 Å². The first-order chi connectivity index (χ1) is 9.99. The van der Waals surface area contributed by atoms with E-state index in [0.29, 0.717) is 22.6 Å². The fraction of sp³-hybridized carbons (Fsp3) is 0.267. The van der Waals surface area contributed by atoms with Crippen LogP contribution < -0.4 is 15.2 Å². The predicted octanol–water partition coefficient (Wildman–Crippen LogP) is 2.72. The summed E-state index contributed by atoms with van der Waals surface area (Å²) in [6, 6.07) is 5.14. The van der Waals surface area contributed by atoms with E-state index >= 15 is 0 Å². The van der Waals surface area contributed by atoms with Crippen molar-refractivity contribution in [2.24, 2.45) is 0 Å². The van der Waals surface area contributed by atoms with E-state index in [2.05, 4.69) is 4.98 Å². The second-order valence-corrected chi connectivity index (χ2v) is 4.97. The Kier molecular flexibility index (Phi) is 4.55. The van der Waals surface area contributed by atoms with E-state index in [9.17, 15) is 5.11 Å². The minimum Gasteiger partial charge on any atom is -0.493 e. The maximum atomic E-state index is 10.6. The number of aliphatic hydroxyl groups excluding tert-OH is 1. The Hall–Kier alpha value is -1.98. The van der Waals surface area contributed by atoms with Crippen LogP contribution >= 0.6 is 11.6 Å². The normalized spacial score (nSPS) is 12.0. The van der Waals surface area contributed by atoms with Gasteiger partial charge in [-0.3, -0.25) is 0 Å². The average molecular weight is 309 g/mol. The van der Waals surface area contributed by atoms with E-state index in [-0.39, 0.29) is 10.8 Å². The first kappa shape index (κ1) is 15.4. The molecule has 1 aromatic carbocycles. The Balaban J connectivity index is 2.53. The molecule has 0 aliphatic rings. The SMILES string of the molecule is COc1ccc(C(O)c2cc(C)cnc2N)c(Cl)c1OC. The van der Waals surface area contributed by atoms with E-state index in [0.717, 1.165) is 5.56 Å². The number of benzene rings is 1. The minimum absolute atomic E-state index is 0.263. The van der Waals surface area contributed by atoms with Crippen LogP contribution in [-0.4, -0.2) is 24.3 Å². The number of rotatable bonds is 4. The Morgan fingerprint density at radius 1 is 1.24 bits per heavy atom. The molecule has 0 spiro atoms. The second kappa shape index (κ2) is 6.20. The monoisotopic (exact) mass is 308 g/mol. The van der Waals surface area contributed by atoms with Crippen LogP contribution in [0.15, 0.2) is 24.4 Å². The highest BCUT2D eigenvalue weighted by molar-refractivity contribution is 6.33. The number of hydrogen-bond donors (Lipinski definition) is 2. The van der Waals surface area contributed by atoms with Crippen LogP contribution in [0.2, 0.25) is 5.02 Å². The average Bonchev–Trinajstić information content (AvgIpc) is 2.48. The third-order valence-corrected chi connectivity index (χ3v) is 3.58. The lowest BCUT2D eigenvalue weighted by Gasteiger charge is -2.18. The van der Waals surface area contributed by atoms with Crippen molar-refractivity contribution >= 4 is 17.4 Å². The first-order valence-electron chi connectivity index (χ1n) is 6.30. The number of nitrogens with two attached hydrogens (primary N) is 1. The van der Waals surface area contributed by atoms with Gasteiger partial charge in [0.05, 0.1) is 19.2 Å². The van der Waals surface area contributed by atoms with Gasteiger partial charge in [-0.1, -0.05) is 17.7 Å². The number of nitrogen functional groups attached to an aromatic ring is 1. The van der Waals surface area contributed by atoms with Crippen molar-refractivity contribution in [3.63, 3.8) is 0 Å². The van der Waals surface area contributed by atoms with Crippen molar-refractivity contribution in [3.8, 4) is 11.5 Å². The number of methoxy groups -OCH3 is 2. The summed E-state index contributed by atoms with van der Waals surface area (Å²) in [5.41, 5.74) is 7.72. The molecule has 2 aromatic rings. The molecule has 1 atom stereocenters. The van der Waals surface area contributed by atoms with Crippen LogP contribution in [0.3, 0.4) is 0 Å². The summed E-state index contributed by atoms with van der Waals surface area (Å²) in [6.07, 6.45) is 0.645. The highest BCUT2D eigenvalue weighted by Crippen LogP contribution is 2.41. The number of aromatic nitrogens is 1. The van der Waals surface area contributed by atoms with Crippen LogP contribution in [0.1, 0.15) is 22.8 Å². The zero-order valence-corrected chi connectivity index (χ0v) is 12.8. The molecule has 112 valence electrons. The lowest BCUT2D eigenvalue weighted by molar-refractivity contribution is 0.220. The largest absolute Gasteiger partial charge is 0.493 e. The van der Waals surface area contributed by atoms with E-state index in [4.69, 9.17) is 26.8 Å². The molecule has 6 heteroatoms. The van der Waals surface area contributed by atoms with Gasteiger partial charge in [0.1, 0.15) is 11.9 Å².